The molecule has 0 amide bonds. The second-order valence-corrected chi connectivity index (χ2v) is 7.01. The van der Waals surface area contributed by atoms with Crippen molar-refractivity contribution in [2.75, 3.05) is 6.54 Å². The Bertz CT molecular complexity index is 479. The minimum atomic E-state index is -0.693. The first-order chi connectivity index (χ1) is 9.56. The van der Waals surface area contributed by atoms with E-state index in [9.17, 15) is 4.79 Å². The third kappa shape index (κ3) is 4.57. The lowest BCUT2D eigenvalue weighted by Crippen LogP contribution is -2.39. The number of carboxylic acid groups (broad SMARTS) is 1. The maximum absolute atomic E-state index is 10.8. The minimum absolute atomic E-state index is 0.269. The summed E-state index contributed by atoms with van der Waals surface area (Å²) in [5, 5.41) is 8.86. The van der Waals surface area contributed by atoms with E-state index in [0.29, 0.717) is 6.04 Å². The van der Waals surface area contributed by atoms with E-state index in [1.54, 1.807) is 0 Å². The molecule has 1 aliphatic rings. The molecule has 0 spiro atoms. The predicted molar refractivity (Wildman–Crippen MR) is 86.8 cm³/mol. The largest absolute Gasteiger partial charge is 0.481 e. The van der Waals surface area contributed by atoms with Crippen LogP contribution in [0.15, 0.2) is 27.1 Å². The number of aliphatic carboxylic acids is 1. The van der Waals surface area contributed by atoms with Gasteiger partial charge >= 0.3 is 5.97 Å². The van der Waals surface area contributed by atoms with Gasteiger partial charge in [-0.1, -0.05) is 12.5 Å². The summed E-state index contributed by atoms with van der Waals surface area (Å²) >= 11 is 7.01. The van der Waals surface area contributed by atoms with Gasteiger partial charge in [0.05, 0.1) is 0 Å². The Morgan fingerprint density at radius 3 is 2.80 bits per heavy atom. The van der Waals surface area contributed by atoms with Gasteiger partial charge in [0.25, 0.3) is 0 Å². The summed E-state index contributed by atoms with van der Waals surface area (Å²) in [6.45, 7) is 1.97. The molecule has 0 aliphatic carbocycles. The number of hydrogen-bond donors (Lipinski definition) is 1. The number of piperidine rings is 1. The highest BCUT2D eigenvalue weighted by Gasteiger charge is 2.23. The van der Waals surface area contributed by atoms with Gasteiger partial charge in [0, 0.05) is 28.0 Å². The highest BCUT2D eigenvalue weighted by molar-refractivity contribution is 9.13. The number of halogens is 2. The first-order valence-corrected chi connectivity index (χ1v) is 8.54. The number of carbonyl (C=O) groups is 1. The molecule has 1 N–H and O–H groups in total. The van der Waals surface area contributed by atoms with E-state index in [4.69, 9.17) is 5.11 Å². The van der Waals surface area contributed by atoms with Crippen molar-refractivity contribution in [3.63, 3.8) is 0 Å². The quantitative estimate of drug-likeness (QED) is 0.788. The smallest absolute Gasteiger partial charge is 0.303 e. The van der Waals surface area contributed by atoms with E-state index in [1.165, 1.54) is 18.4 Å². The third-order valence-corrected chi connectivity index (χ3v) is 5.69. The van der Waals surface area contributed by atoms with Gasteiger partial charge in [0.15, 0.2) is 0 Å². The van der Waals surface area contributed by atoms with E-state index in [-0.39, 0.29) is 6.42 Å². The monoisotopic (exact) mass is 403 g/mol. The van der Waals surface area contributed by atoms with Gasteiger partial charge in [-0.3, -0.25) is 9.69 Å². The number of benzene rings is 1. The van der Waals surface area contributed by atoms with Crippen LogP contribution in [0.5, 0.6) is 0 Å². The van der Waals surface area contributed by atoms with E-state index in [0.717, 1.165) is 34.9 Å². The molecule has 0 radical (unpaired) electrons. The molecule has 1 heterocycles. The minimum Gasteiger partial charge on any atom is -0.481 e. The molecule has 1 aliphatic heterocycles. The number of hydrogen-bond acceptors (Lipinski definition) is 2. The molecule has 20 heavy (non-hydrogen) atoms. The van der Waals surface area contributed by atoms with Crippen molar-refractivity contribution in [2.24, 2.45) is 0 Å². The number of likely N-dealkylation sites (tertiary alicyclic amines) is 1. The number of carboxylic acids is 1. The van der Waals surface area contributed by atoms with Crippen molar-refractivity contribution in [2.45, 2.75) is 44.7 Å². The molecule has 0 bridgehead atoms. The van der Waals surface area contributed by atoms with Crippen molar-refractivity contribution in [3.8, 4) is 0 Å². The lowest BCUT2D eigenvalue weighted by atomic mass is 9.97. The van der Waals surface area contributed by atoms with Crippen molar-refractivity contribution in [1.29, 1.82) is 0 Å². The highest BCUT2D eigenvalue weighted by Crippen LogP contribution is 2.27. The van der Waals surface area contributed by atoms with Gasteiger partial charge in [-0.2, -0.15) is 0 Å². The summed E-state index contributed by atoms with van der Waals surface area (Å²) in [5.74, 6) is -0.693. The zero-order chi connectivity index (χ0) is 14.5. The van der Waals surface area contributed by atoms with Crippen LogP contribution in [0.2, 0.25) is 0 Å². The van der Waals surface area contributed by atoms with Gasteiger partial charge in [-0.15, -0.1) is 0 Å². The van der Waals surface area contributed by atoms with Crippen molar-refractivity contribution >= 4 is 37.8 Å². The zero-order valence-corrected chi connectivity index (χ0v) is 14.5. The molecule has 1 fully saturated rings. The predicted octanol–water partition coefficient (Wildman–Crippen LogP) is 4.43. The SMILES string of the molecule is O=C(O)CCC1CCCCN1Cc1ccc(Br)c(Br)c1. The molecule has 1 aromatic carbocycles. The Morgan fingerprint density at radius 1 is 1.30 bits per heavy atom. The molecule has 3 nitrogen and oxygen atoms in total. The maximum Gasteiger partial charge on any atom is 0.303 e. The summed E-state index contributed by atoms with van der Waals surface area (Å²) in [7, 11) is 0. The summed E-state index contributed by atoms with van der Waals surface area (Å²) < 4.78 is 2.12. The first kappa shape index (κ1) is 16.0. The van der Waals surface area contributed by atoms with E-state index in [2.05, 4.69) is 55.0 Å². The summed E-state index contributed by atoms with van der Waals surface area (Å²) in [6, 6.07) is 6.71. The topological polar surface area (TPSA) is 40.5 Å². The summed E-state index contributed by atoms with van der Waals surface area (Å²) in [4.78, 5) is 13.2. The Hall–Kier alpha value is -0.390. The lowest BCUT2D eigenvalue weighted by Gasteiger charge is -2.35. The second kappa shape index (κ2) is 7.57. The molecule has 1 unspecified atom stereocenters. The van der Waals surface area contributed by atoms with Crippen molar-refractivity contribution < 1.29 is 9.90 Å². The number of rotatable bonds is 5. The molecule has 2 rings (SSSR count). The van der Waals surface area contributed by atoms with E-state index >= 15 is 0 Å². The van der Waals surface area contributed by atoms with Crippen LogP contribution in [0.25, 0.3) is 0 Å². The van der Waals surface area contributed by atoms with Crippen LogP contribution in [0.4, 0.5) is 0 Å². The van der Waals surface area contributed by atoms with E-state index in [1.807, 2.05) is 0 Å². The fourth-order valence-corrected chi connectivity index (χ4v) is 3.43. The molecular formula is C15H19Br2NO2. The van der Waals surface area contributed by atoms with Gasteiger partial charge in [0.1, 0.15) is 0 Å². The normalized spacial score (nSPS) is 20.0. The molecule has 0 aromatic heterocycles. The first-order valence-electron chi connectivity index (χ1n) is 6.96. The molecule has 1 saturated heterocycles. The highest BCUT2D eigenvalue weighted by atomic mass is 79.9. The Morgan fingerprint density at radius 2 is 2.10 bits per heavy atom. The fourth-order valence-electron chi connectivity index (χ4n) is 2.76. The van der Waals surface area contributed by atoms with Crippen LogP contribution in [0.1, 0.15) is 37.7 Å². The zero-order valence-electron chi connectivity index (χ0n) is 11.3. The van der Waals surface area contributed by atoms with Crippen LogP contribution < -0.4 is 0 Å². The van der Waals surface area contributed by atoms with Crippen LogP contribution in [0.3, 0.4) is 0 Å². The third-order valence-electron chi connectivity index (χ3n) is 3.81. The molecular weight excluding hydrogens is 386 g/mol. The molecule has 110 valence electrons. The summed E-state index contributed by atoms with van der Waals surface area (Å²) in [6.07, 6.45) is 4.56. The van der Waals surface area contributed by atoms with Gasteiger partial charge in [0.2, 0.25) is 0 Å². The Kier molecular flexibility index (Phi) is 6.05. The van der Waals surface area contributed by atoms with Crippen LogP contribution >= 0.6 is 31.9 Å². The van der Waals surface area contributed by atoms with Crippen LogP contribution in [-0.4, -0.2) is 28.6 Å². The van der Waals surface area contributed by atoms with Gasteiger partial charge < -0.3 is 5.11 Å². The Labute approximate surface area is 136 Å². The molecule has 0 saturated carbocycles. The molecule has 1 aromatic rings. The summed E-state index contributed by atoms with van der Waals surface area (Å²) in [5.41, 5.74) is 1.27. The van der Waals surface area contributed by atoms with Crippen molar-refractivity contribution in [1.82, 2.24) is 4.90 Å². The van der Waals surface area contributed by atoms with Crippen molar-refractivity contribution in [3.05, 3.63) is 32.7 Å². The van der Waals surface area contributed by atoms with Crippen LogP contribution in [-0.2, 0) is 11.3 Å². The molecule has 5 heteroatoms. The van der Waals surface area contributed by atoms with Gasteiger partial charge in [-0.25, -0.2) is 0 Å². The Balaban J connectivity index is 2.00. The van der Waals surface area contributed by atoms with Gasteiger partial charge in [-0.05, 0) is 75.4 Å². The van der Waals surface area contributed by atoms with Crippen LogP contribution in [0, 0.1) is 0 Å². The standard InChI is InChI=1S/C15H19Br2NO2/c16-13-6-4-11(9-14(13)17)10-18-8-2-1-3-12(18)5-7-15(19)20/h4,6,9,12H,1-3,5,7-8,10H2,(H,19,20). The maximum atomic E-state index is 10.8. The van der Waals surface area contributed by atoms with E-state index < -0.39 is 5.97 Å². The number of nitrogens with zero attached hydrogens (tertiary/aromatic N) is 1. The lowest BCUT2D eigenvalue weighted by molar-refractivity contribution is -0.137. The molecule has 1 atom stereocenters. The average molecular weight is 405 g/mol. The fraction of sp³-hybridized carbons (Fsp3) is 0.533. The average Bonchev–Trinajstić information content (AvgIpc) is 2.42. The second-order valence-electron chi connectivity index (χ2n) is 5.30.